The van der Waals surface area contributed by atoms with Crippen LogP contribution >= 0.6 is 23.2 Å². The van der Waals surface area contributed by atoms with Crippen molar-refractivity contribution in [3.8, 4) is 17.2 Å². The number of nitrogens with zero attached hydrogens (tertiary/aromatic N) is 2. The molecule has 186 valence electrons. The lowest BCUT2D eigenvalue weighted by molar-refractivity contribution is -0.139. The number of benzene rings is 2. The van der Waals surface area contributed by atoms with E-state index in [1.165, 1.54) is 0 Å². The summed E-state index contributed by atoms with van der Waals surface area (Å²) in [6.45, 7) is 0.964. The fourth-order valence-corrected chi connectivity index (χ4v) is 7.77. The number of ether oxygens (including phenoxy) is 2. The number of amides is 1. The zero-order valence-corrected chi connectivity index (χ0v) is 21.7. The highest BCUT2D eigenvalue weighted by Crippen LogP contribution is 2.65. The first-order chi connectivity index (χ1) is 16.8. The molecule has 2 fully saturated rings. The van der Waals surface area contributed by atoms with E-state index in [4.69, 9.17) is 32.7 Å². The molecule has 1 spiro atoms. The molecule has 35 heavy (non-hydrogen) atoms. The Bertz CT molecular complexity index is 1220. The van der Waals surface area contributed by atoms with E-state index in [1.54, 1.807) is 25.3 Å². The standard InChI is InChI=1S/C27H30Cl2N2O4/c1-30-9-8-27-16-5-7-19(31(2)23(33)11-14-4-6-17(28)18(29)10-14)26(27)35-25-22(34-3)13-21(32)15(24(25)27)12-20(16)30/h4,6,10,13,16,19-20,26,32H,5,7-9,11-12H2,1-3H3/t16-,19-,20+,26-,27-/m0/s1. The summed E-state index contributed by atoms with van der Waals surface area (Å²) in [6, 6.07) is 7.30. The number of carbonyl (C=O) groups is 1. The minimum atomic E-state index is -0.229. The first kappa shape index (κ1) is 23.3. The summed E-state index contributed by atoms with van der Waals surface area (Å²) in [6.07, 6.45) is 3.72. The molecule has 2 aliphatic carbocycles. The van der Waals surface area contributed by atoms with Crippen molar-refractivity contribution in [2.24, 2.45) is 5.92 Å². The lowest BCUT2D eigenvalue weighted by Gasteiger charge is -2.59. The number of piperidine rings is 1. The van der Waals surface area contributed by atoms with E-state index in [1.807, 2.05) is 18.0 Å². The maximum atomic E-state index is 13.5. The van der Waals surface area contributed by atoms with Gasteiger partial charge in [0, 0.05) is 35.7 Å². The van der Waals surface area contributed by atoms with Crippen LogP contribution in [0.2, 0.25) is 10.0 Å². The second-order valence-corrected chi connectivity index (χ2v) is 11.4. The van der Waals surface area contributed by atoms with E-state index < -0.39 is 0 Å². The minimum Gasteiger partial charge on any atom is -0.508 e. The van der Waals surface area contributed by atoms with Gasteiger partial charge in [0.05, 0.1) is 29.6 Å². The summed E-state index contributed by atoms with van der Waals surface area (Å²) in [5, 5.41) is 11.9. The molecule has 1 amide bonds. The Labute approximate surface area is 215 Å². The fourth-order valence-electron chi connectivity index (χ4n) is 7.45. The third-order valence-electron chi connectivity index (χ3n) is 9.10. The molecule has 0 unspecified atom stereocenters. The van der Waals surface area contributed by atoms with Crippen LogP contribution in [0.3, 0.4) is 0 Å². The zero-order valence-electron chi connectivity index (χ0n) is 20.2. The van der Waals surface area contributed by atoms with E-state index in [-0.39, 0.29) is 35.6 Å². The van der Waals surface area contributed by atoms with Gasteiger partial charge in [0.2, 0.25) is 5.91 Å². The SMILES string of the molecule is COc1cc(O)c2c3c1O[C@H]1[C@@H](N(C)C(=O)Cc4ccc(Cl)c(Cl)c4)CC[C@H]4[C@@H](C2)N(C)CC[C@@]341. The highest BCUT2D eigenvalue weighted by molar-refractivity contribution is 6.42. The summed E-state index contributed by atoms with van der Waals surface area (Å²) in [5.41, 5.74) is 2.72. The number of phenolic OH excluding ortho intramolecular Hbond substituents is 1. The Morgan fingerprint density at radius 1 is 1.29 bits per heavy atom. The van der Waals surface area contributed by atoms with Crippen molar-refractivity contribution >= 4 is 29.1 Å². The third kappa shape index (κ3) is 3.22. The molecule has 2 aromatic rings. The molecule has 0 radical (unpaired) electrons. The molecule has 0 aromatic heterocycles. The van der Waals surface area contributed by atoms with E-state index in [2.05, 4.69) is 11.9 Å². The quantitative estimate of drug-likeness (QED) is 0.650. The number of aromatic hydroxyl groups is 1. The highest BCUT2D eigenvalue weighted by Gasteiger charge is 2.66. The van der Waals surface area contributed by atoms with Crippen LogP contribution in [0.25, 0.3) is 0 Å². The number of rotatable bonds is 4. The van der Waals surface area contributed by atoms with Gasteiger partial charge in [-0.05, 0) is 62.9 Å². The highest BCUT2D eigenvalue weighted by atomic mass is 35.5. The average molecular weight is 517 g/mol. The number of carbonyl (C=O) groups excluding carboxylic acids is 1. The van der Waals surface area contributed by atoms with Gasteiger partial charge >= 0.3 is 0 Å². The molecule has 4 aliphatic rings. The summed E-state index contributed by atoms with van der Waals surface area (Å²) >= 11 is 12.2. The number of likely N-dealkylation sites (tertiary alicyclic amines) is 1. The lowest BCUT2D eigenvalue weighted by Crippen LogP contribution is -2.68. The van der Waals surface area contributed by atoms with Crippen LogP contribution in [0.1, 0.15) is 36.0 Å². The van der Waals surface area contributed by atoms with Gasteiger partial charge in [0.25, 0.3) is 0 Å². The molecule has 2 heterocycles. The maximum Gasteiger partial charge on any atom is 0.227 e. The van der Waals surface area contributed by atoms with Crippen LogP contribution in [0.15, 0.2) is 24.3 Å². The Hall–Kier alpha value is -2.15. The molecule has 8 heteroatoms. The predicted molar refractivity (Wildman–Crippen MR) is 135 cm³/mol. The Morgan fingerprint density at radius 3 is 2.83 bits per heavy atom. The first-order valence-electron chi connectivity index (χ1n) is 12.3. The van der Waals surface area contributed by atoms with Crippen LogP contribution in [0, 0.1) is 5.92 Å². The van der Waals surface area contributed by atoms with Crippen molar-refractivity contribution in [1.29, 1.82) is 0 Å². The lowest BCUT2D eigenvalue weighted by atomic mass is 9.51. The Balaban J connectivity index is 1.38. The van der Waals surface area contributed by atoms with Gasteiger partial charge in [-0.3, -0.25) is 4.79 Å². The molecule has 1 N–H and O–H groups in total. The molecule has 2 aromatic carbocycles. The largest absolute Gasteiger partial charge is 0.508 e. The molecule has 1 saturated heterocycles. The second kappa shape index (κ2) is 8.19. The predicted octanol–water partition coefficient (Wildman–Crippen LogP) is 4.45. The molecule has 6 nitrogen and oxygen atoms in total. The van der Waals surface area contributed by atoms with Gasteiger partial charge < -0.3 is 24.4 Å². The number of methoxy groups -OCH3 is 1. The van der Waals surface area contributed by atoms with E-state index in [9.17, 15) is 9.90 Å². The molecular formula is C27H30Cl2N2O4. The number of hydrogen-bond donors (Lipinski definition) is 1. The van der Waals surface area contributed by atoms with Crippen LogP contribution in [0.5, 0.6) is 17.2 Å². The summed E-state index contributed by atoms with van der Waals surface area (Å²) in [4.78, 5) is 17.8. The van der Waals surface area contributed by atoms with Gasteiger partial charge in [-0.2, -0.15) is 0 Å². The van der Waals surface area contributed by atoms with Gasteiger partial charge in [-0.15, -0.1) is 0 Å². The third-order valence-corrected chi connectivity index (χ3v) is 9.84. The number of likely N-dealkylation sites (N-methyl/N-ethyl adjacent to an activating group) is 2. The molecule has 1 saturated carbocycles. The van der Waals surface area contributed by atoms with Gasteiger partial charge in [-0.25, -0.2) is 0 Å². The fraction of sp³-hybridized carbons (Fsp3) is 0.519. The normalized spacial score (nSPS) is 30.4. The monoisotopic (exact) mass is 516 g/mol. The second-order valence-electron chi connectivity index (χ2n) is 10.5. The molecule has 6 rings (SSSR count). The number of phenols is 1. The topological polar surface area (TPSA) is 62.2 Å². The summed E-state index contributed by atoms with van der Waals surface area (Å²) in [7, 11) is 5.69. The first-order valence-corrected chi connectivity index (χ1v) is 13.0. The van der Waals surface area contributed by atoms with Crippen LogP contribution < -0.4 is 9.47 Å². The van der Waals surface area contributed by atoms with Gasteiger partial charge in [0.15, 0.2) is 11.5 Å². The Kier molecular flexibility index (Phi) is 5.44. The van der Waals surface area contributed by atoms with E-state index in [0.29, 0.717) is 27.8 Å². The molecule has 2 bridgehead atoms. The van der Waals surface area contributed by atoms with Gasteiger partial charge in [-0.1, -0.05) is 29.3 Å². The Morgan fingerprint density at radius 2 is 2.09 bits per heavy atom. The average Bonchev–Trinajstić information content (AvgIpc) is 3.18. The van der Waals surface area contributed by atoms with Crippen molar-refractivity contribution in [1.82, 2.24) is 9.80 Å². The molecular weight excluding hydrogens is 487 g/mol. The van der Waals surface area contributed by atoms with Crippen molar-refractivity contribution in [2.75, 3.05) is 27.7 Å². The van der Waals surface area contributed by atoms with Crippen molar-refractivity contribution < 1.29 is 19.4 Å². The van der Waals surface area contributed by atoms with Crippen molar-refractivity contribution in [3.63, 3.8) is 0 Å². The summed E-state index contributed by atoms with van der Waals surface area (Å²) < 4.78 is 12.4. The minimum absolute atomic E-state index is 0.0260. The number of hydrogen-bond acceptors (Lipinski definition) is 5. The van der Waals surface area contributed by atoms with Crippen LogP contribution in [-0.4, -0.2) is 66.8 Å². The molecule has 5 atom stereocenters. The molecule has 2 aliphatic heterocycles. The van der Waals surface area contributed by atoms with E-state index in [0.717, 1.165) is 54.7 Å². The zero-order chi connectivity index (χ0) is 24.6. The van der Waals surface area contributed by atoms with Crippen molar-refractivity contribution in [3.05, 3.63) is 51.0 Å². The van der Waals surface area contributed by atoms with E-state index >= 15 is 0 Å². The van der Waals surface area contributed by atoms with Crippen molar-refractivity contribution in [2.45, 2.75) is 55.7 Å². The van der Waals surface area contributed by atoms with Crippen LogP contribution in [0.4, 0.5) is 0 Å². The maximum absolute atomic E-state index is 13.5. The van der Waals surface area contributed by atoms with Gasteiger partial charge in [0.1, 0.15) is 11.9 Å². The smallest absolute Gasteiger partial charge is 0.227 e. The van der Waals surface area contributed by atoms with Crippen LogP contribution in [-0.2, 0) is 23.1 Å². The number of halogens is 2. The summed E-state index contributed by atoms with van der Waals surface area (Å²) in [5.74, 6) is 2.06.